The molecule has 0 N–H and O–H groups in total. The van der Waals surface area contributed by atoms with Gasteiger partial charge in [-0.05, 0) is 139 Å². The Labute approximate surface area is 386 Å². The molecule has 0 atom stereocenters. The number of nitrogens with zero attached hydrogens (tertiary/aromatic N) is 2. The molecule has 2 aliphatic rings. The Morgan fingerprint density at radius 3 is 1.71 bits per heavy atom. The fourth-order valence-electron chi connectivity index (χ4n) is 10.8. The lowest BCUT2D eigenvalue weighted by Crippen LogP contribution is -2.17. The summed E-state index contributed by atoms with van der Waals surface area (Å²) >= 11 is 1.91. The van der Waals surface area contributed by atoms with Crippen molar-refractivity contribution in [3.8, 4) is 33.4 Å². The van der Waals surface area contributed by atoms with Gasteiger partial charge in [-0.25, -0.2) is 0 Å². The van der Waals surface area contributed by atoms with E-state index in [1.165, 1.54) is 81.4 Å². The molecule has 1 aliphatic carbocycles. The first-order valence-corrected chi connectivity index (χ1v) is 23.6. The van der Waals surface area contributed by atoms with Gasteiger partial charge in [0.2, 0.25) is 0 Å². The van der Waals surface area contributed by atoms with E-state index in [2.05, 4.69) is 250 Å². The van der Waals surface area contributed by atoms with Gasteiger partial charge in [0.15, 0.2) is 0 Å². The molecular formula is C62H48N2S. The second kappa shape index (κ2) is 15.4. The van der Waals surface area contributed by atoms with Crippen LogP contribution in [0.3, 0.4) is 0 Å². The van der Waals surface area contributed by atoms with Gasteiger partial charge in [-0.3, -0.25) is 0 Å². The van der Waals surface area contributed by atoms with Crippen LogP contribution in [0.2, 0.25) is 0 Å². The molecule has 3 heteroatoms. The minimum atomic E-state index is -0.126. The topological polar surface area (TPSA) is 6.48 Å². The maximum atomic E-state index is 2.50. The number of fused-ring (bicyclic) bond motifs is 7. The molecule has 65 heavy (non-hydrogen) atoms. The smallest absolute Gasteiger partial charge is 0.0540 e. The van der Waals surface area contributed by atoms with Crippen LogP contribution >= 0.6 is 11.8 Å². The van der Waals surface area contributed by atoms with Crippen LogP contribution in [0.15, 0.2) is 222 Å². The Kier molecular flexibility index (Phi) is 9.33. The second-order valence-electron chi connectivity index (χ2n) is 18.3. The summed E-state index contributed by atoms with van der Waals surface area (Å²) in [6.07, 6.45) is 0. The van der Waals surface area contributed by atoms with Gasteiger partial charge in [-0.15, -0.1) is 0 Å². The Balaban J connectivity index is 1.05. The lowest BCUT2D eigenvalue weighted by Gasteiger charge is -2.32. The Morgan fingerprint density at radius 1 is 0.400 bits per heavy atom. The van der Waals surface area contributed by atoms with Crippen LogP contribution < -0.4 is 9.80 Å². The van der Waals surface area contributed by atoms with Gasteiger partial charge >= 0.3 is 0 Å². The van der Waals surface area contributed by atoms with Gasteiger partial charge < -0.3 is 9.80 Å². The highest BCUT2D eigenvalue weighted by Crippen LogP contribution is 2.56. The molecule has 0 radical (unpaired) electrons. The van der Waals surface area contributed by atoms with Gasteiger partial charge in [-0.2, -0.15) is 0 Å². The van der Waals surface area contributed by atoms with Crippen molar-refractivity contribution in [2.75, 3.05) is 9.80 Å². The molecule has 10 aromatic carbocycles. The van der Waals surface area contributed by atoms with E-state index in [1.54, 1.807) is 0 Å². The van der Waals surface area contributed by atoms with Gasteiger partial charge in [0.25, 0.3) is 0 Å². The number of anilines is 6. The molecule has 12 rings (SSSR count). The van der Waals surface area contributed by atoms with E-state index in [0.717, 1.165) is 34.1 Å². The van der Waals surface area contributed by atoms with Crippen LogP contribution in [0.5, 0.6) is 0 Å². The first kappa shape index (κ1) is 39.3. The zero-order valence-corrected chi connectivity index (χ0v) is 37.9. The molecule has 0 spiro atoms. The zero-order valence-electron chi connectivity index (χ0n) is 37.1. The van der Waals surface area contributed by atoms with E-state index in [1.807, 2.05) is 11.8 Å². The Morgan fingerprint density at radius 2 is 0.985 bits per heavy atom. The molecule has 0 aromatic heterocycles. The number of rotatable bonds is 8. The Bertz CT molecular complexity index is 3420. The van der Waals surface area contributed by atoms with Crippen LogP contribution in [0.1, 0.15) is 50.3 Å². The molecule has 312 valence electrons. The summed E-state index contributed by atoms with van der Waals surface area (Å²) in [7, 11) is 0. The highest BCUT2D eigenvalue weighted by Gasteiger charge is 2.36. The molecule has 1 aliphatic heterocycles. The molecular weight excluding hydrogens is 805 g/mol. The van der Waals surface area contributed by atoms with Crippen molar-refractivity contribution >= 4 is 67.4 Å². The van der Waals surface area contributed by atoms with E-state index >= 15 is 0 Å². The fraction of sp³-hybridized carbons (Fsp3) is 0.0968. The highest BCUT2D eigenvalue weighted by molar-refractivity contribution is 7.99. The summed E-state index contributed by atoms with van der Waals surface area (Å²) in [6, 6.07) is 78.5. The predicted octanol–water partition coefficient (Wildman–Crippen LogP) is 18.2. The van der Waals surface area contributed by atoms with Crippen LogP contribution in [-0.2, 0) is 5.41 Å². The normalized spacial score (nSPS) is 13.1. The third-order valence-electron chi connectivity index (χ3n) is 13.8. The van der Waals surface area contributed by atoms with Crippen LogP contribution in [-0.4, -0.2) is 0 Å². The van der Waals surface area contributed by atoms with Gasteiger partial charge in [0, 0.05) is 54.6 Å². The monoisotopic (exact) mass is 852 g/mol. The van der Waals surface area contributed by atoms with Gasteiger partial charge in [0.05, 0.1) is 5.69 Å². The Hall–Kier alpha value is -7.33. The quantitative estimate of drug-likeness (QED) is 0.141. The average Bonchev–Trinajstić information content (AvgIpc) is 3.57. The fourth-order valence-corrected chi connectivity index (χ4v) is 12.0. The van der Waals surface area contributed by atoms with Crippen molar-refractivity contribution in [2.24, 2.45) is 0 Å². The first-order chi connectivity index (χ1) is 31.8. The summed E-state index contributed by atoms with van der Waals surface area (Å²) in [4.78, 5) is 7.44. The molecule has 0 bridgehead atoms. The van der Waals surface area contributed by atoms with E-state index in [-0.39, 0.29) is 5.41 Å². The third kappa shape index (κ3) is 6.32. The van der Waals surface area contributed by atoms with Crippen LogP contribution in [0.25, 0.3) is 54.9 Å². The number of para-hydroxylation sites is 3. The largest absolute Gasteiger partial charge is 0.310 e. The molecule has 0 fully saturated rings. The minimum Gasteiger partial charge on any atom is -0.310 e. The summed E-state index contributed by atoms with van der Waals surface area (Å²) in [5, 5.41) is 5.24. The molecule has 0 unspecified atom stereocenters. The van der Waals surface area contributed by atoms with Crippen molar-refractivity contribution in [1.29, 1.82) is 0 Å². The predicted molar refractivity (Wildman–Crippen MR) is 277 cm³/mol. The number of hydrogen-bond acceptors (Lipinski definition) is 3. The summed E-state index contributed by atoms with van der Waals surface area (Å²) in [6.45, 7) is 9.46. The maximum Gasteiger partial charge on any atom is 0.0540 e. The lowest BCUT2D eigenvalue weighted by molar-refractivity contribution is 0.660. The van der Waals surface area contributed by atoms with Crippen molar-refractivity contribution in [3.63, 3.8) is 0 Å². The molecule has 2 nitrogen and oxygen atoms in total. The van der Waals surface area contributed by atoms with E-state index < -0.39 is 0 Å². The highest BCUT2D eigenvalue weighted by atomic mass is 32.2. The standard InChI is InChI=1S/C62H48N2S/c1-40(2)59-51-35-32-44(63(42-21-10-6-11-22-42)43-23-12-7-13-24-43)37-53(51)50-27-18-30-57-60(50)61(59)52-36-33-46(39-58(52)65-57)64(56-29-17-15-25-47(56)41-19-8-5-9-20-41)45-31-34-49-48-26-14-16-28-54(48)62(3,4)55(49)38-45/h5-40H,1-4H3. The van der Waals surface area contributed by atoms with E-state index in [0.29, 0.717) is 5.92 Å². The molecule has 0 saturated carbocycles. The molecule has 0 saturated heterocycles. The van der Waals surface area contributed by atoms with Gasteiger partial charge in [0.1, 0.15) is 0 Å². The van der Waals surface area contributed by atoms with Crippen molar-refractivity contribution < 1.29 is 0 Å². The van der Waals surface area contributed by atoms with Crippen LogP contribution in [0, 0.1) is 0 Å². The summed E-state index contributed by atoms with van der Waals surface area (Å²) in [5.74, 6) is 0.291. The number of hydrogen-bond donors (Lipinski definition) is 0. The SMILES string of the molecule is CC(C)c1c2c3c(cccc3c3cc(N(c4ccccc4)c4ccccc4)ccc13)Sc1cc(N(c3ccc4c(c3)C(C)(C)c3ccccc3-4)c3ccccc3-c3ccccc3)ccc1-2. The average molecular weight is 853 g/mol. The zero-order chi connectivity index (χ0) is 43.8. The lowest BCUT2D eigenvalue weighted by atomic mass is 9.82. The summed E-state index contributed by atoms with van der Waals surface area (Å²) in [5.41, 5.74) is 18.6. The van der Waals surface area contributed by atoms with E-state index in [4.69, 9.17) is 0 Å². The third-order valence-corrected chi connectivity index (χ3v) is 14.9. The molecule has 1 heterocycles. The second-order valence-corrected chi connectivity index (χ2v) is 19.3. The number of benzene rings is 10. The summed E-state index contributed by atoms with van der Waals surface area (Å²) < 4.78 is 0. The first-order valence-electron chi connectivity index (χ1n) is 22.8. The van der Waals surface area contributed by atoms with Crippen molar-refractivity contribution in [1.82, 2.24) is 0 Å². The molecule has 10 aromatic rings. The molecule has 0 amide bonds. The van der Waals surface area contributed by atoms with Crippen molar-refractivity contribution in [3.05, 3.63) is 229 Å². The van der Waals surface area contributed by atoms with Crippen molar-refractivity contribution in [2.45, 2.75) is 48.8 Å². The minimum absolute atomic E-state index is 0.126. The van der Waals surface area contributed by atoms with E-state index in [9.17, 15) is 0 Å². The van der Waals surface area contributed by atoms with Crippen LogP contribution in [0.4, 0.5) is 34.1 Å². The van der Waals surface area contributed by atoms with Gasteiger partial charge in [-0.1, -0.05) is 179 Å². The maximum absolute atomic E-state index is 2.50.